The third kappa shape index (κ3) is 2.88. The van der Waals surface area contributed by atoms with E-state index < -0.39 is 0 Å². The maximum atomic E-state index is 11.8. The van der Waals surface area contributed by atoms with Gasteiger partial charge in [-0.1, -0.05) is 6.42 Å². The van der Waals surface area contributed by atoms with Crippen molar-refractivity contribution in [2.45, 2.75) is 38.5 Å². The molecule has 0 unspecified atom stereocenters. The topological polar surface area (TPSA) is 45.2 Å². The van der Waals surface area contributed by atoms with Crippen molar-refractivity contribution >= 4 is 17.4 Å². The number of carbonyl (C=O) groups excluding carboxylic acids is 1. The largest absolute Gasteiger partial charge is 0.357 e. The number of nitrogens with zero attached hydrogens (tertiary/aromatic N) is 2. The summed E-state index contributed by atoms with van der Waals surface area (Å²) in [7, 11) is 0. The van der Waals surface area contributed by atoms with Crippen molar-refractivity contribution in [1.29, 1.82) is 0 Å². The minimum atomic E-state index is 0.152. The monoisotopic (exact) mass is 259 g/mol. The molecule has 3 rings (SSSR count). The Morgan fingerprint density at radius 1 is 1.16 bits per heavy atom. The van der Waals surface area contributed by atoms with Gasteiger partial charge in [0.25, 0.3) is 0 Å². The second kappa shape index (κ2) is 5.59. The van der Waals surface area contributed by atoms with E-state index in [0.29, 0.717) is 0 Å². The number of aromatic nitrogens is 1. The first-order chi connectivity index (χ1) is 9.33. The lowest BCUT2D eigenvalue weighted by atomic mass is 9.85. The van der Waals surface area contributed by atoms with Gasteiger partial charge in [0, 0.05) is 19.0 Å². The van der Waals surface area contributed by atoms with E-state index in [4.69, 9.17) is 0 Å². The molecule has 0 atom stereocenters. The molecule has 0 radical (unpaired) electrons. The molecule has 1 saturated heterocycles. The first-order valence-electron chi connectivity index (χ1n) is 7.35. The normalized spacial score (nSPS) is 19.9. The summed E-state index contributed by atoms with van der Waals surface area (Å²) in [6, 6.07) is 3.98. The molecule has 1 aromatic rings. The fourth-order valence-corrected chi connectivity index (χ4v) is 2.68. The Balaban J connectivity index is 1.59. The number of piperidine rings is 1. The summed E-state index contributed by atoms with van der Waals surface area (Å²) in [5, 5.41) is 2.95. The van der Waals surface area contributed by atoms with Crippen molar-refractivity contribution in [3.8, 4) is 0 Å². The quantitative estimate of drug-likeness (QED) is 0.908. The van der Waals surface area contributed by atoms with Gasteiger partial charge in [0.05, 0.1) is 11.9 Å². The van der Waals surface area contributed by atoms with Gasteiger partial charge in [0.1, 0.15) is 5.82 Å². The third-order valence-corrected chi connectivity index (χ3v) is 4.17. The zero-order valence-corrected chi connectivity index (χ0v) is 11.3. The molecule has 2 aliphatic rings. The average molecular weight is 259 g/mol. The van der Waals surface area contributed by atoms with Crippen LogP contribution in [0.2, 0.25) is 0 Å². The smallest absolute Gasteiger partial charge is 0.227 e. The summed E-state index contributed by atoms with van der Waals surface area (Å²) in [6.45, 7) is 2.20. The Morgan fingerprint density at radius 2 is 1.95 bits per heavy atom. The lowest BCUT2D eigenvalue weighted by Crippen LogP contribution is -2.30. The van der Waals surface area contributed by atoms with Crippen LogP contribution in [0.25, 0.3) is 0 Å². The molecule has 1 saturated carbocycles. The lowest BCUT2D eigenvalue weighted by molar-refractivity contribution is -0.122. The molecule has 0 bridgehead atoms. The van der Waals surface area contributed by atoms with Crippen LogP contribution >= 0.6 is 0 Å². The van der Waals surface area contributed by atoms with Crippen molar-refractivity contribution in [3.63, 3.8) is 0 Å². The van der Waals surface area contributed by atoms with Crippen molar-refractivity contribution in [3.05, 3.63) is 18.3 Å². The third-order valence-electron chi connectivity index (χ3n) is 4.17. The molecular formula is C15H21N3O. The average Bonchev–Trinajstić information content (AvgIpc) is 2.38. The minimum Gasteiger partial charge on any atom is -0.357 e. The van der Waals surface area contributed by atoms with Crippen LogP contribution in [0.3, 0.4) is 0 Å². The van der Waals surface area contributed by atoms with Crippen molar-refractivity contribution in [1.82, 2.24) is 4.98 Å². The van der Waals surface area contributed by atoms with Crippen LogP contribution in [-0.4, -0.2) is 24.0 Å². The number of hydrogen-bond donors (Lipinski definition) is 1. The van der Waals surface area contributed by atoms with Gasteiger partial charge in [-0.05, 0) is 44.2 Å². The van der Waals surface area contributed by atoms with E-state index in [1.807, 2.05) is 12.1 Å². The fourth-order valence-electron chi connectivity index (χ4n) is 2.68. The van der Waals surface area contributed by atoms with Gasteiger partial charge in [-0.3, -0.25) is 4.79 Å². The van der Waals surface area contributed by atoms with Gasteiger partial charge >= 0.3 is 0 Å². The molecule has 102 valence electrons. The lowest BCUT2D eigenvalue weighted by Gasteiger charge is -2.28. The molecule has 0 spiro atoms. The highest BCUT2D eigenvalue weighted by atomic mass is 16.1. The Hall–Kier alpha value is -1.58. The number of nitrogens with one attached hydrogen (secondary N) is 1. The molecule has 1 aliphatic carbocycles. The molecule has 4 heteroatoms. The highest BCUT2D eigenvalue weighted by Gasteiger charge is 2.25. The number of hydrogen-bond acceptors (Lipinski definition) is 3. The van der Waals surface area contributed by atoms with Gasteiger partial charge in [-0.2, -0.15) is 0 Å². The second-order valence-corrected chi connectivity index (χ2v) is 5.57. The van der Waals surface area contributed by atoms with Crippen molar-refractivity contribution < 1.29 is 4.79 Å². The summed E-state index contributed by atoms with van der Waals surface area (Å²) in [5.41, 5.74) is 0.817. The zero-order valence-electron chi connectivity index (χ0n) is 11.3. The van der Waals surface area contributed by atoms with Crippen LogP contribution in [0.4, 0.5) is 11.5 Å². The van der Waals surface area contributed by atoms with Crippen LogP contribution < -0.4 is 10.2 Å². The van der Waals surface area contributed by atoms with Gasteiger partial charge in [-0.15, -0.1) is 0 Å². The van der Waals surface area contributed by atoms with Crippen LogP contribution in [0.1, 0.15) is 38.5 Å². The predicted octanol–water partition coefficient (Wildman–Crippen LogP) is 2.81. The summed E-state index contributed by atoms with van der Waals surface area (Å²) < 4.78 is 0. The first-order valence-corrected chi connectivity index (χ1v) is 7.35. The number of pyridine rings is 1. The van der Waals surface area contributed by atoms with E-state index in [1.54, 1.807) is 6.20 Å². The summed E-state index contributed by atoms with van der Waals surface area (Å²) in [6.07, 6.45) is 8.86. The number of carbonyl (C=O) groups is 1. The van der Waals surface area contributed by atoms with E-state index in [9.17, 15) is 4.79 Å². The molecule has 2 fully saturated rings. The molecule has 4 nitrogen and oxygen atoms in total. The molecule has 2 heterocycles. The molecule has 1 N–H and O–H groups in total. The molecule has 0 aromatic carbocycles. The molecular weight excluding hydrogens is 238 g/mol. The minimum absolute atomic E-state index is 0.152. The summed E-state index contributed by atoms with van der Waals surface area (Å²) >= 11 is 0. The Bertz CT molecular complexity index is 433. The maximum absolute atomic E-state index is 11.8. The second-order valence-electron chi connectivity index (χ2n) is 5.57. The van der Waals surface area contributed by atoms with Gasteiger partial charge in [0.2, 0.25) is 5.91 Å². The van der Waals surface area contributed by atoms with E-state index in [2.05, 4.69) is 15.2 Å². The van der Waals surface area contributed by atoms with E-state index in [1.165, 1.54) is 25.7 Å². The highest BCUT2D eigenvalue weighted by Crippen LogP contribution is 2.27. The van der Waals surface area contributed by atoms with Gasteiger partial charge in [0.15, 0.2) is 0 Å². The highest BCUT2D eigenvalue weighted by molar-refractivity contribution is 5.92. The summed E-state index contributed by atoms with van der Waals surface area (Å²) in [5.74, 6) is 1.40. The number of amides is 1. The SMILES string of the molecule is O=C(Nc1ccc(N2CCCCC2)nc1)C1CCC1. The molecule has 19 heavy (non-hydrogen) atoms. The molecule has 1 aliphatic heterocycles. The Kier molecular flexibility index (Phi) is 3.67. The van der Waals surface area contributed by atoms with Crippen molar-refractivity contribution in [2.75, 3.05) is 23.3 Å². The molecule has 1 aromatic heterocycles. The van der Waals surface area contributed by atoms with Gasteiger partial charge in [-0.25, -0.2) is 4.98 Å². The van der Waals surface area contributed by atoms with Crippen LogP contribution in [0.5, 0.6) is 0 Å². The van der Waals surface area contributed by atoms with Crippen molar-refractivity contribution in [2.24, 2.45) is 5.92 Å². The number of anilines is 2. The van der Waals surface area contributed by atoms with Crippen LogP contribution in [0.15, 0.2) is 18.3 Å². The zero-order chi connectivity index (χ0) is 13.1. The van der Waals surface area contributed by atoms with Crippen LogP contribution in [0, 0.1) is 5.92 Å². The van der Waals surface area contributed by atoms with E-state index in [-0.39, 0.29) is 11.8 Å². The summed E-state index contributed by atoms with van der Waals surface area (Å²) in [4.78, 5) is 18.6. The molecule has 1 amide bonds. The number of rotatable bonds is 3. The van der Waals surface area contributed by atoms with Gasteiger partial charge < -0.3 is 10.2 Å². The first kappa shape index (κ1) is 12.5. The Morgan fingerprint density at radius 3 is 2.53 bits per heavy atom. The standard InChI is InChI=1S/C15H21N3O/c19-15(12-5-4-6-12)17-13-7-8-14(16-11-13)18-9-2-1-3-10-18/h7-8,11-12H,1-6,9-10H2,(H,17,19). The van der Waals surface area contributed by atoms with E-state index >= 15 is 0 Å². The van der Waals surface area contributed by atoms with E-state index in [0.717, 1.165) is 37.4 Å². The maximum Gasteiger partial charge on any atom is 0.227 e. The Labute approximate surface area is 114 Å². The predicted molar refractivity (Wildman–Crippen MR) is 76.3 cm³/mol. The fraction of sp³-hybridized carbons (Fsp3) is 0.600. The van der Waals surface area contributed by atoms with Crippen LogP contribution in [-0.2, 0) is 4.79 Å².